The number of aromatic amines is 1. The van der Waals surface area contributed by atoms with Crippen molar-refractivity contribution in [1.29, 1.82) is 0 Å². The van der Waals surface area contributed by atoms with Crippen LogP contribution in [-0.4, -0.2) is 60.1 Å². The summed E-state index contributed by atoms with van der Waals surface area (Å²) in [6.07, 6.45) is 0.811. The number of nitrogens with zero attached hydrogens (tertiary/aromatic N) is 2. The Kier molecular flexibility index (Phi) is 11.9. The summed E-state index contributed by atoms with van der Waals surface area (Å²) < 4.78 is 31.2. The third-order valence-electron chi connectivity index (χ3n) is 9.15. The number of H-pyrrole nitrogens is 1. The number of amides is 1. The molecule has 1 aliphatic heterocycles. The first kappa shape index (κ1) is 34.8. The Labute approximate surface area is 292 Å². The standard InChI is InChI=1S/C40H45N3O7/c1-3-43-35-15-9-14-32(38(35)41-39(43)44)28-49-37-25-42(40(45)50-26-29-11-5-4-6-12-29)22-21-34(37)30-17-19-33(20-18-30)48-24-10-23-47-27-31-13-7-8-16-36(31)46-2/h4-9,11-20,34,37H,3,10,21-28H2,1-2H3,(H,41,44). The molecule has 0 saturated carbocycles. The molecule has 0 aliphatic carbocycles. The normalized spacial score (nSPS) is 16.0. The minimum atomic E-state index is -0.358. The summed E-state index contributed by atoms with van der Waals surface area (Å²) in [6.45, 7) is 5.56. The van der Waals surface area contributed by atoms with Crippen LogP contribution in [0.1, 0.15) is 47.9 Å². The lowest BCUT2D eigenvalue weighted by Gasteiger charge is -2.38. The summed E-state index contributed by atoms with van der Waals surface area (Å²) in [6, 6.07) is 31.5. The Morgan fingerprint density at radius 3 is 2.44 bits per heavy atom. The number of para-hydroxylation sites is 2. The van der Waals surface area contributed by atoms with Crippen molar-refractivity contribution < 1.29 is 28.5 Å². The lowest BCUT2D eigenvalue weighted by atomic mass is 9.87. The van der Waals surface area contributed by atoms with E-state index in [0.717, 1.165) is 51.2 Å². The van der Waals surface area contributed by atoms with Crippen LogP contribution < -0.4 is 15.2 Å². The second kappa shape index (κ2) is 17.0. The van der Waals surface area contributed by atoms with Gasteiger partial charge in [0.25, 0.3) is 0 Å². The van der Waals surface area contributed by atoms with Gasteiger partial charge in [-0.05, 0) is 48.7 Å². The van der Waals surface area contributed by atoms with E-state index < -0.39 is 0 Å². The number of likely N-dealkylation sites (tertiary alicyclic amines) is 1. The number of imidazole rings is 1. The van der Waals surface area contributed by atoms with Crippen molar-refractivity contribution in [2.24, 2.45) is 0 Å². The first-order chi connectivity index (χ1) is 24.5. The average Bonchev–Trinajstić information content (AvgIpc) is 3.50. The molecule has 1 amide bonds. The van der Waals surface area contributed by atoms with Crippen LogP contribution in [0.2, 0.25) is 0 Å². The highest BCUT2D eigenvalue weighted by atomic mass is 16.6. The fourth-order valence-electron chi connectivity index (χ4n) is 6.48. The maximum Gasteiger partial charge on any atom is 0.410 e. The van der Waals surface area contributed by atoms with Crippen LogP contribution in [0.5, 0.6) is 11.5 Å². The Bertz CT molecular complexity index is 1890. The fraction of sp³-hybridized carbons (Fsp3) is 0.350. The van der Waals surface area contributed by atoms with Gasteiger partial charge in [-0.15, -0.1) is 0 Å². The van der Waals surface area contributed by atoms with Crippen molar-refractivity contribution in [3.8, 4) is 11.5 Å². The first-order valence-corrected chi connectivity index (χ1v) is 17.2. The number of carbonyl (C=O) groups excluding carboxylic acids is 1. The number of rotatable bonds is 15. The van der Waals surface area contributed by atoms with Gasteiger partial charge in [-0.1, -0.05) is 72.8 Å². The van der Waals surface area contributed by atoms with E-state index in [1.54, 1.807) is 16.6 Å². The number of hydrogen-bond acceptors (Lipinski definition) is 7. The van der Waals surface area contributed by atoms with E-state index in [4.69, 9.17) is 23.7 Å². The van der Waals surface area contributed by atoms with E-state index in [-0.39, 0.29) is 37.0 Å². The van der Waals surface area contributed by atoms with Crippen molar-refractivity contribution >= 4 is 17.1 Å². The molecule has 10 nitrogen and oxygen atoms in total. The summed E-state index contributed by atoms with van der Waals surface area (Å²) in [5.74, 6) is 1.66. The van der Waals surface area contributed by atoms with Gasteiger partial charge in [0.05, 0.1) is 57.2 Å². The maximum atomic E-state index is 13.2. The molecule has 4 aromatic carbocycles. The van der Waals surface area contributed by atoms with Gasteiger partial charge in [0.15, 0.2) is 0 Å². The summed E-state index contributed by atoms with van der Waals surface area (Å²) in [5.41, 5.74) is 5.45. The number of benzene rings is 4. The van der Waals surface area contributed by atoms with E-state index >= 15 is 0 Å². The third kappa shape index (κ3) is 8.56. The largest absolute Gasteiger partial charge is 0.496 e. The molecule has 0 spiro atoms. The van der Waals surface area contributed by atoms with E-state index in [2.05, 4.69) is 17.1 Å². The van der Waals surface area contributed by atoms with Crippen LogP contribution in [0.4, 0.5) is 4.79 Å². The molecule has 1 aliphatic rings. The molecule has 0 radical (unpaired) electrons. The summed E-state index contributed by atoms with van der Waals surface area (Å²) >= 11 is 0. The highest BCUT2D eigenvalue weighted by molar-refractivity contribution is 5.78. The Balaban J connectivity index is 1.08. The first-order valence-electron chi connectivity index (χ1n) is 17.2. The van der Waals surface area contributed by atoms with Gasteiger partial charge >= 0.3 is 11.8 Å². The van der Waals surface area contributed by atoms with E-state index in [1.165, 1.54) is 0 Å². The molecule has 2 unspecified atom stereocenters. The zero-order valence-corrected chi connectivity index (χ0v) is 28.7. The van der Waals surface area contributed by atoms with Crippen LogP contribution in [0.15, 0.2) is 102 Å². The highest BCUT2D eigenvalue weighted by Crippen LogP contribution is 2.33. The molecule has 5 aromatic rings. The van der Waals surface area contributed by atoms with E-state index in [1.807, 2.05) is 91.9 Å². The van der Waals surface area contributed by atoms with Gasteiger partial charge in [0.1, 0.15) is 18.1 Å². The number of piperidine rings is 1. The minimum Gasteiger partial charge on any atom is -0.496 e. The summed E-state index contributed by atoms with van der Waals surface area (Å²) in [4.78, 5) is 30.4. The van der Waals surface area contributed by atoms with Crippen LogP contribution in [0, 0.1) is 0 Å². The zero-order chi connectivity index (χ0) is 34.7. The van der Waals surface area contributed by atoms with Crippen molar-refractivity contribution in [3.05, 3.63) is 130 Å². The van der Waals surface area contributed by atoms with E-state index in [0.29, 0.717) is 45.9 Å². The fourth-order valence-corrected chi connectivity index (χ4v) is 6.48. The summed E-state index contributed by atoms with van der Waals surface area (Å²) in [7, 11) is 1.66. The number of nitrogens with one attached hydrogen (secondary N) is 1. The quantitative estimate of drug-likeness (QED) is 0.118. The lowest BCUT2D eigenvalue weighted by molar-refractivity contribution is -0.0243. The molecule has 262 valence electrons. The lowest BCUT2D eigenvalue weighted by Crippen LogP contribution is -2.47. The predicted molar refractivity (Wildman–Crippen MR) is 192 cm³/mol. The molecule has 1 saturated heterocycles. The topological polar surface area (TPSA) is 104 Å². The molecule has 0 bridgehead atoms. The van der Waals surface area contributed by atoms with Gasteiger partial charge in [-0.2, -0.15) is 0 Å². The van der Waals surface area contributed by atoms with Crippen LogP contribution in [-0.2, 0) is 40.6 Å². The molecule has 2 heterocycles. The van der Waals surface area contributed by atoms with Gasteiger partial charge in [-0.25, -0.2) is 9.59 Å². The molecular formula is C40H45N3O7. The van der Waals surface area contributed by atoms with Gasteiger partial charge < -0.3 is 33.6 Å². The molecule has 2 atom stereocenters. The zero-order valence-electron chi connectivity index (χ0n) is 28.7. The molecule has 1 fully saturated rings. The second-order valence-corrected chi connectivity index (χ2v) is 12.4. The number of methoxy groups -OCH3 is 1. The number of aromatic nitrogens is 2. The number of aryl methyl sites for hydroxylation is 1. The van der Waals surface area contributed by atoms with Crippen molar-refractivity contribution in [2.75, 3.05) is 33.4 Å². The van der Waals surface area contributed by atoms with Crippen molar-refractivity contribution in [2.45, 2.75) is 58.2 Å². The average molecular weight is 680 g/mol. The van der Waals surface area contributed by atoms with Crippen LogP contribution in [0.3, 0.4) is 0 Å². The molecular weight excluding hydrogens is 634 g/mol. The molecule has 1 N–H and O–H groups in total. The monoisotopic (exact) mass is 679 g/mol. The highest BCUT2D eigenvalue weighted by Gasteiger charge is 2.34. The Hall–Kier alpha value is -5.06. The van der Waals surface area contributed by atoms with Crippen molar-refractivity contribution in [3.63, 3.8) is 0 Å². The second-order valence-electron chi connectivity index (χ2n) is 12.4. The Morgan fingerprint density at radius 1 is 0.860 bits per heavy atom. The minimum absolute atomic E-state index is 0.0455. The smallest absolute Gasteiger partial charge is 0.410 e. The molecule has 50 heavy (non-hydrogen) atoms. The molecule has 1 aromatic heterocycles. The van der Waals surface area contributed by atoms with E-state index in [9.17, 15) is 9.59 Å². The maximum absolute atomic E-state index is 13.2. The third-order valence-corrected chi connectivity index (χ3v) is 9.15. The van der Waals surface area contributed by atoms with Crippen LogP contribution in [0.25, 0.3) is 11.0 Å². The number of fused-ring (bicyclic) bond motifs is 1. The van der Waals surface area contributed by atoms with Gasteiger partial charge in [0.2, 0.25) is 0 Å². The van der Waals surface area contributed by atoms with Gasteiger partial charge in [-0.3, -0.25) is 4.57 Å². The summed E-state index contributed by atoms with van der Waals surface area (Å²) in [5, 5.41) is 0. The van der Waals surface area contributed by atoms with Gasteiger partial charge in [0, 0.05) is 36.6 Å². The number of carbonyl (C=O) groups is 1. The molecule has 10 heteroatoms. The van der Waals surface area contributed by atoms with Crippen molar-refractivity contribution in [1.82, 2.24) is 14.5 Å². The predicted octanol–water partition coefficient (Wildman–Crippen LogP) is 7.06. The SMILES string of the molecule is CCn1c(=O)[nH]c2c(COC3CN(C(=O)OCc4ccccc4)CCC3c3ccc(OCCCOCc4ccccc4OC)cc3)cccc21. The Morgan fingerprint density at radius 2 is 1.64 bits per heavy atom. The number of ether oxygens (including phenoxy) is 5. The molecule has 6 rings (SSSR count). The number of hydrogen-bond donors (Lipinski definition) is 1. The van der Waals surface area contributed by atoms with Crippen LogP contribution >= 0.6 is 0 Å².